The Balaban J connectivity index is 1.85. The van der Waals surface area contributed by atoms with E-state index in [0.29, 0.717) is 12.3 Å². The summed E-state index contributed by atoms with van der Waals surface area (Å²) in [6.45, 7) is 3.95. The van der Waals surface area contributed by atoms with Gasteiger partial charge in [-0.25, -0.2) is 0 Å². The largest absolute Gasteiger partial charge is 0.388 e. The Bertz CT molecular complexity index is 402. The lowest BCUT2D eigenvalue weighted by Gasteiger charge is -2.36. The monoisotopic (exact) mass is 238 g/mol. The zero-order chi connectivity index (χ0) is 12.5. The zero-order valence-electron chi connectivity index (χ0n) is 10.2. The number of carbonyl (C=O) groups is 1. The molecule has 1 heterocycles. The Labute approximate surface area is 100 Å². The molecule has 1 aliphatic carbocycles. The first kappa shape index (κ1) is 12.1. The molecule has 0 spiro atoms. The molecule has 1 fully saturated rings. The third-order valence-corrected chi connectivity index (χ3v) is 3.42. The number of rotatable bonds is 4. The highest BCUT2D eigenvalue weighted by Crippen LogP contribution is 2.30. The van der Waals surface area contributed by atoms with Crippen molar-refractivity contribution in [2.24, 2.45) is 0 Å². The number of amides is 1. The summed E-state index contributed by atoms with van der Waals surface area (Å²) in [6, 6.07) is 0. The van der Waals surface area contributed by atoms with Crippen molar-refractivity contribution in [3.8, 4) is 0 Å². The van der Waals surface area contributed by atoms with E-state index in [4.69, 9.17) is 4.52 Å². The molecule has 0 saturated heterocycles. The van der Waals surface area contributed by atoms with E-state index in [1.54, 1.807) is 6.92 Å². The molecule has 2 rings (SSSR count). The third kappa shape index (κ3) is 2.66. The van der Waals surface area contributed by atoms with Crippen molar-refractivity contribution in [2.75, 3.05) is 6.54 Å². The Morgan fingerprint density at radius 2 is 2.24 bits per heavy atom. The van der Waals surface area contributed by atoms with Gasteiger partial charge in [-0.2, -0.15) is 0 Å². The Morgan fingerprint density at radius 1 is 1.53 bits per heavy atom. The van der Waals surface area contributed by atoms with Gasteiger partial charge >= 0.3 is 0 Å². The van der Waals surface area contributed by atoms with E-state index in [1.807, 2.05) is 6.92 Å². The second-order valence-corrected chi connectivity index (χ2v) is 4.83. The van der Waals surface area contributed by atoms with E-state index in [-0.39, 0.29) is 12.3 Å². The average Bonchev–Trinajstić information content (AvgIpc) is 2.55. The fraction of sp³-hybridized carbons (Fsp3) is 0.667. The molecule has 0 unspecified atom stereocenters. The minimum Gasteiger partial charge on any atom is -0.388 e. The molecule has 2 N–H and O–H groups in total. The Kier molecular flexibility index (Phi) is 3.19. The normalized spacial score (nSPS) is 17.6. The average molecular weight is 238 g/mol. The first-order chi connectivity index (χ1) is 8.00. The smallest absolute Gasteiger partial charge is 0.224 e. The molecule has 1 saturated carbocycles. The van der Waals surface area contributed by atoms with Crippen LogP contribution in [0.25, 0.3) is 0 Å². The second-order valence-electron chi connectivity index (χ2n) is 4.83. The molecule has 1 aromatic rings. The van der Waals surface area contributed by atoms with Crippen molar-refractivity contribution >= 4 is 5.91 Å². The van der Waals surface area contributed by atoms with Crippen molar-refractivity contribution in [1.29, 1.82) is 0 Å². The number of nitrogens with one attached hydrogen (secondary N) is 1. The lowest BCUT2D eigenvalue weighted by Crippen LogP contribution is -2.48. The van der Waals surface area contributed by atoms with Gasteiger partial charge < -0.3 is 14.9 Å². The summed E-state index contributed by atoms with van der Waals surface area (Å²) in [5.74, 6) is 0.583. The summed E-state index contributed by atoms with van der Waals surface area (Å²) in [6.07, 6.45) is 2.85. The Morgan fingerprint density at radius 3 is 2.71 bits per heavy atom. The van der Waals surface area contributed by atoms with Crippen LogP contribution in [0.3, 0.4) is 0 Å². The zero-order valence-corrected chi connectivity index (χ0v) is 10.2. The lowest BCUT2D eigenvalue weighted by atomic mass is 9.80. The quantitative estimate of drug-likeness (QED) is 0.816. The minimum absolute atomic E-state index is 0.0975. The van der Waals surface area contributed by atoms with Crippen molar-refractivity contribution < 1.29 is 14.4 Å². The molecule has 0 atom stereocenters. The van der Waals surface area contributed by atoms with Gasteiger partial charge in [0.2, 0.25) is 5.91 Å². The number of aryl methyl sites for hydroxylation is 2. The van der Waals surface area contributed by atoms with E-state index in [1.165, 1.54) is 0 Å². The van der Waals surface area contributed by atoms with Gasteiger partial charge in [-0.1, -0.05) is 5.16 Å². The molecule has 1 aliphatic rings. The van der Waals surface area contributed by atoms with Gasteiger partial charge in [0.15, 0.2) is 0 Å². The Hall–Kier alpha value is -1.36. The summed E-state index contributed by atoms with van der Waals surface area (Å²) in [7, 11) is 0. The fourth-order valence-corrected chi connectivity index (χ4v) is 2.00. The number of aliphatic hydroxyl groups is 1. The standard InChI is InChI=1S/C12H18N2O3/c1-8-10(9(2)17-14-8)6-11(15)13-7-12(16)4-3-5-12/h16H,3-7H2,1-2H3,(H,13,15). The number of hydrogen-bond donors (Lipinski definition) is 2. The first-order valence-electron chi connectivity index (χ1n) is 5.91. The van der Waals surface area contributed by atoms with Gasteiger partial charge in [0.05, 0.1) is 17.7 Å². The van der Waals surface area contributed by atoms with Crippen LogP contribution in [0, 0.1) is 13.8 Å². The molecule has 94 valence electrons. The van der Waals surface area contributed by atoms with Gasteiger partial charge in [-0.05, 0) is 33.1 Å². The molecule has 5 nitrogen and oxygen atoms in total. The summed E-state index contributed by atoms with van der Waals surface area (Å²) < 4.78 is 4.99. The summed E-state index contributed by atoms with van der Waals surface area (Å²) in [5, 5.41) is 16.4. The van der Waals surface area contributed by atoms with Crippen LogP contribution in [0.1, 0.15) is 36.3 Å². The molecule has 0 radical (unpaired) electrons. The SMILES string of the molecule is Cc1noc(C)c1CC(=O)NCC1(O)CCC1. The molecular formula is C12H18N2O3. The van der Waals surface area contributed by atoms with E-state index >= 15 is 0 Å². The van der Waals surface area contributed by atoms with Gasteiger partial charge in [0.25, 0.3) is 0 Å². The first-order valence-corrected chi connectivity index (χ1v) is 5.91. The molecule has 5 heteroatoms. The predicted octanol–water partition coefficient (Wildman–Crippen LogP) is 0.865. The maximum atomic E-state index is 11.7. The van der Waals surface area contributed by atoms with Gasteiger partial charge in [-0.3, -0.25) is 4.79 Å². The molecule has 17 heavy (non-hydrogen) atoms. The minimum atomic E-state index is -0.672. The fourth-order valence-electron chi connectivity index (χ4n) is 2.00. The lowest BCUT2D eigenvalue weighted by molar-refractivity contribution is -0.122. The van der Waals surface area contributed by atoms with Crippen LogP contribution >= 0.6 is 0 Å². The number of aromatic nitrogens is 1. The molecule has 1 amide bonds. The van der Waals surface area contributed by atoms with E-state index in [9.17, 15) is 9.90 Å². The van der Waals surface area contributed by atoms with Crippen molar-refractivity contribution in [1.82, 2.24) is 10.5 Å². The van der Waals surface area contributed by atoms with Crippen LogP contribution in [-0.2, 0) is 11.2 Å². The van der Waals surface area contributed by atoms with Crippen LogP contribution < -0.4 is 5.32 Å². The highest BCUT2D eigenvalue weighted by Gasteiger charge is 2.34. The molecule has 0 aliphatic heterocycles. The van der Waals surface area contributed by atoms with Crippen LogP contribution in [0.5, 0.6) is 0 Å². The number of carbonyl (C=O) groups excluding carboxylic acids is 1. The van der Waals surface area contributed by atoms with Gasteiger partial charge in [0, 0.05) is 12.1 Å². The highest BCUT2D eigenvalue weighted by molar-refractivity contribution is 5.79. The van der Waals surface area contributed by atoms with E-state index in [0.717, 1.165) is 30.5 Å². The van der Waals surface area contributed by atoms with E-state index < -0.39 is 5.60 Å². The molecular weight excluding hydrogens is 220 g/mol. The van der Waals surface area contributed by atoms with Crippen LogP contribution in [0.15, 0.2) is 4.52 Å². The third-order valence-electron chi connectivity index (χ3n) is 3.42. The molecule has 0 bridgehead atoms. The summed E-state index contributed by atoms with van der Waals surface area (Å²) in [5.41, 5.74) is 0.914. The number of nitrogens with zero attached hydrogens (tertiary/aromatic N) is 1. The highest BCUT2D eigenvalue weighted by atomic mass is 16.5. The summed E-state index contributed by atoms with van der Waals surface area (Å²) in [4.78, 5) is 11.7. The van der Waals surface area contributed by atoms with Crippen LogP contribution in [0.4, 0.5) is 0 Å². The predicted molar refractivity (Wildman–Crippen MR) is 61.5 cm³/mol. The topological polar surface area (TPSA) is 75.4 Å². The van der Waals surface area contributed by atoms with Crippen molar-refractivity contribution in [3.63, 3.8) is 0 Å². The number of hydrogen-bond acceptors (Lipinski definition) is 4. The van der Waals surface area contributed by atoms with E-state index in [2.05, 4.69) is 10.5 Å². The summed E-state index contributed by atoms with van der Waals surface area (Å²) >= 11 is 0. The molecule has 1 aromatic heterocycles. The van der Waals surface area contributed by atoms with Crippen LogP contribution in [0.2, 0.25) is 0 Å². The maximum absolute atomic E-state index is 11.7. The molecule has 0 aromatic carbocycles. The second kappa shape index (κ2) is 4.49. The van der Waals surface area contributed by atoms with Gasteiger partial charge in [-0.15, -0.1) is 0 Å². The van der Waals surface area contributed by atoms with Gasteiger partial charge in [0.1, 0.15) is 5.76 Å². The van der Waals surface area contributed by atoms with Crippen molar-refractivity contribution in [2.45, 2.75) is 45.1 Å². The maximum Gasteiger partial charge on any atom is 0.224 e. The van der Waals surface area contributed by atoms with Crippen LogP contribution in [-0.4, -0.2) is 28.3 Å². The van der Waals surface area contributed by atoms with Crippen molar-refractivity contribution in [3.05, 3.63) is 17.0 Å².